The Hall–Kier alpha value is -1.61. The van der Waals surface area contributed by atoms with Crippen LogP contribution in [-0.2, 0) is 11.2 Å². The molecule has 0 saturated heterocycles. The average molecular weight is 319 g/mol. The Morgan fingerprint density at radius 1 is 1.21 bits per heavy atom. The van der Waals surface area contributed by atoms with Gasteiger partial charge in [0.05, 0.1) is 5.92 Å². The van der Waals surface area contributed by atoms with Crippen LogP contribution in [0.1, 0.15) is 22.6 Å². The smallest absolute Gasteiger partial charge is 0.311 e. The first-order chi connectivity index (χ1) is 9.08. The molecule has 0 aromatic heterocycles. The number of aryl methyl sites for hydroxylation is 1. The van der Waals surface area contributed by atoms with Crippen LogP contribution in [0.4, 0.5) is 0 Å². The first kappa shape index (κ1) is 13.8. The standard InChI is InChI=1S/C16H15BrO2/c1-11-5-2-3-6-12(11)10-15(16(18)19)13-7-4-8-14(17)9-13/h2-9,15H,10H2,1H3,(H,18,19). The number of rotatable bonds is 4. The number of hydrogen-bond donors (Lipinski definition) is 1. The maximum atomic E-state index is 11.5. The van der Waals surface area contributed by atoms with Gasteiger partial charge in [0, 0.05) is 4.47 Å². The van der Waals surface area contributed by atoms with Crippen LogP contribution >= 0.6 is 15.9 Å². The fourth-order valence-electron chi connectivity index (χ4n) is 2.13. The third-order valence-electron chi connectivity index (χ3n) is 3.23. The summed E-state index contributed by atoms with van der Waals surface area (Å²) in [5.74, 6) is -1.31. The summed E-state index contributed by atoms with van der Waals surface area (Å²) in [4.78, 5) is 11.5. The van der Waals surface area contributed by atoms with Gasteiger partial charge in [0.1, 0.15) is 0 Å². The number of halogens is 1. The summed E-state index contributed by atoms with van der Waals surface area (Å²) < 4.78 is 0.904. The fourth-order valence-corrected chi connectivity index (χ4v) is 2.55. The van der Waals surface area contributed by atoms with E-state index in [1.165, 1.54) is 0 Å². The largest absolute Gasteiger partial charge is 0.481 e. The number of carboxylic acid groups (broad SMARTS) is 1. The van der Waals surface area contributed by atoms with Crippen LogP contribution in [0.25, 0.3) is 0 Å². The first-order valence-corrected chi connectivity index (χ1v) is 6.90. The molecule has 19 heavy (non-hydrogen) atoms. The predicted octanol–water partition coefficient (Wildman–Crippen LogP) is 4.17. The minimum absolute atomic E-state index is 0.512. The molecule has 2 rings (SSSR count). The molecule has 2 aromatic carbocycles. The van der Waals surface area contributed by atoms with E-state index in [4.69, 9.17) is 0 Å². The zero-order valence-corrected chi connectivity index (χ0v) is 12.2. The minimum Gasteiger partial charge on any atom is -0.481 e. The summed E-state index contributed by atoms with van der Waals surface area (Å²) in [6.45, 7) is 2.01. The quantitative estimate of drug-likeness (QED) is 0.918. The zero-order chi connectivity index (χ0) is 13.8. The highest BCUT2D eigenvalue weighted by atomic mass is 79.9. The Kier molecular flexibility index (Phi) is 4.38. The Labute approximate surface area is 121 Å². The third-order valence-corrected chi connectivity index (χ3v) is 3.73. The van der Waals surface area contributed by atoms with E-state index in [1.54, 1.807) is 0 Å². The molecule has 0 saturated carbocycles. The Morgan fingerprint density at radius 2 is 1.95 bits per heavy atom. The van der Waals surface area contributed by atoms with Gasteiger partial charge in [-0.2, -0.15) is 0 Å². The van der Waals surface area contributed by atoms with Gasteiger partial charge in [-0.25, -0.2) is 0 Å². The predicted molar refractivity (Wildman–Crippen MR) is 79.4 cm³/mol. The second-order valence-electron chi connectivity index (χ2n) is 4.58. The summed E-state index contributed by atoms with van der Waals surface area (Å²) >= 11 is 3.39. The van der Waals surface area contributed by atoms with Crippen LogP contribution in [0.3, 0.4) is 0 Å². The van der Waals surface area contributed by atoms with Crippen molar-refractivity contribution < 1.29 is 9.90 Å². The molecular weight excluding hydrogens is 304 g/mol. The van der Waals surface area contributed by atoms with Gasteiger partial charge in [-0.05, 0) is 42.2 Å². The zero-order valence-electron chi connectivity index (χ0n) is 10.6. The number of carbonyl (C=O) groups is 1. The maximum Gasteiger partial charge on any atom is 0.311 e. The van der Waals surface area contributed by atoms with Crippen molar-refractivity contribution in [2.75, 3.05) is 0 Å². The molecule has 2 aromatic rings. The van der Waals surface area contributed by atoms with Gasteiger partial charge in [-0.15, -0.1) is 0 Å². The van der Waals surface area contributed by atoms with Crippen molar-refractivity contribution in [2.24, 2.45) is 0 Å². The molecule has 0 spiro atoms. The molecule has 98 valence electrons. The molecule has 0 aliphatic heterocycles. The van der Waals surface area contributed by atoms with Gasteiger partial charge >= 0.3 is 5.97 Å². The van der Waals surface area contributed by atoms with Gasteiger partial charge in [-0.3, -0.25) is 4.79 Å². The van der Waals surface area contributed by atoms with Crippen LogP contribution in [0.5, 0.6) is 0 Å². The van der Waals surface area contributed by atoms with Crippen molar-refractivity contribution in [1.82, 2.24) is 0 Å². The van der Waals surface area contributed by atoms with E-state index in [0.717, 1.165) is 21.2 Å². The number of benzene rings is 2. The molecule has 0 aliphatic rings. The number of aliphatic carboxylic acids is 1. The topological polar surface area (TPSA) is 37.3 Å². The molecule has 0 bridgehead atoms. The molecule has 2 nitrogen and oxygen atoms in total. The SMILES string of the molecule is Cc1ccccc1CC(C(=O)O)c1cccc(Br)c1. The van der Waals surface area contributed by atoms with E-state index in [9.17, 15) is 9.90 Å². The molecule has 0 heterocycles. The van der Waals surface area contributed by atoms with Crippen LogP contribution in [-0.4, -0.2) is 11.1 Å². The summed E-state index contributed by atoms with van der Waals surface area (Å²) in [6, 6.07) is 15.4. The van der Waals surface area contributed by atoms with Crippen LogP contribution < -0.4 is 0 Å². The maximum absolute atomic E-state index is 11.5. The van der Waals surface area contributed by atoms with Gasteiger partial charge in [0.2, 0.25) is 0 Å². The molecule has 0 fully saturated rings. The highest BCUT2D eigenvalue weighted by molar-refractivity contribution is 9.10. The van der Waals surface area contributed by atoms with Crippen molar-refractivity contribution in [3.05, 3.63) is 69.7 Å². The molecule has 0 amide bonds. The minimum atomic E-state index is -0.790. The van der Waals surface area contributed by atoms with E-state index >= 15 is 0 Å². The molecule has 1 atom stereocenters. The van der Waals surface area contributed by atoms with Gasteiger partial charge in [0.25, 0.3) is 0 Å². The summed E-state index contributed by atoms with van der Waals surface area (Å²) in [7, 11) is 0. The lowest BCUT2D eigenvalue weighted by Gasteiger charge is -2.14. The van der Waals surface area contributed by atoms with E-state index in [1.807, 2.05) is 55.5 Å². The van der Waals surface area contributed by atoms with Crippen molar-refractivity contribution in [3.8, 4) is 0 Å². The third kappa shape index (κ3) is 3.44. The van der Waals surface area contributed by atoms with Crippen molar-refractivity contribution in [1.29, 1.82) is 0 Å². The average Bonchev–Trinajstić information content (AvgIpc) is 2.37. The summed E-state index contributed by atoms with van der Waals surface area (Å²) in [5, 5.41) is 9.45. The number of hydrogen-bond acceptors (Lipinski definition) is 1. The first-order valence-electron chi connectivity index (χ1n) is 6.10. The Balaban J connectivity index is 2.32. The van der Waals surface area contributed by atoms with E-state index in [-0.39, 0.29) is 0 Å². The van der Waals surface area contributed by atoms with Crippen molar-refractivity contribution in [3.63, 3.8) is 0 Å². The van der Waals surface area contributed by atoms with E-state index < -0.39 is 11.9 Å². The second kappa shape index (κ2) is 6.02. The van der Waals surface area contributed by atoms with E-state index in [2.05, 4.69) is 15.9 Å². The van der Waals surface area contributed by atoms with Crippen LogP contribution in [0.2, 0.25) is 0 Å². The van der Waals surface area contributed by atoms with Gasteiger partial charge < -0.3 is 5.11 Å². The molecule has 0 aliphatic carbocycles. The van der Waals surface area contributed by atoms with Crippen LogP contribution in [0, 0.1) is 6.92 Å². The monoisotopic (exact) mass is 318 g/mol. The van der Waals surface area contributed by atoms with E-state index in [0.29, 0.717) is 6.42 Å². The Morgan fingerprint density at radius 3 is 2.58 bits per heavy atom. The second-order valence-corrected chi connectivity index (χ2v) is 5.49. The lowest BCUT2D eigenvalue weighted by molar-refractivity contribution is -0.138. The lowest BCUT2D eigenvalue weighted by Crippen LogP contribution is -2.15. The highest BCUT2D eigenvalue weighted by Crippen LogP contribution is 2.25. The van der Waals surface area contributed by atoms with Gasteiger partial charge in [0.15, 0.2) is 0 Å². The summed E-state index contributed by atoms with van der Waals surface area (Å²) in [5.41, 5.74) is 3.03. The van der Waals surface area contributed by atoms with Gasteiger partial charge in [-0.1, -0.05) is 52.3 Å². The fraction of sp³-hybridized carbons (Fsp3) is 0.188. The van der Waals surface area contributed by atoms with Crippen molar-refractivity contribution in [2.45, 2.75) is 19.3 Å². The van der Waals surface area contributed by atoms with Crippen molar-refractivity contribution >= 4 is 21.9 Å². The lowest BCUT2D eigenvalue weighted by atomic mass is 9.90. The Bertz CT molecular complexity index is 593. The molecule has 1 N–H and O–H groups in total. The number of carboxylic acids is 1. The highest BCUT2D eigenvalue weighted by Gasteiger charge is 2.21. The van der Waals surface area contributed by atoms with Crippen LogP contribution in [0.15, 0.2) is 53.0 Å². The molecule has 0 radical (unpaired) electrons. The molecule has 3 heteroatoms. The summed E-state index contributed by atoms with van der Waals surface area (Å²) in [6.07, 6.45) is 0.512. The molecule has 1 unspecified atom stereocenters. The normalized spacial score (nSPS) is 12.1. The molecular formula is C16H15BrO2.